The van der Waals surface area contributed by atoms with Crippen molar-refractivity contribution >= 4 is 27.4 Å². The molecule has 3 rings (SSSR count). The van der Waals surface area contributed by atoms with Gasteiger partial charge in [-0.2, -0.15) is 18.2 Å². The second kappa shape index (κ2) is 7.82. The van der Waals surface area contributed by atoms with Crippen molar-refractivity contribution < 1.29 is 17.9 Å². The molecule has 26 heavy (non-hydrogen) atoms. The van der Waals surface area contributed by atoms with Gasteiger partial charge in [-0.3, -0.25) is 0 Å². The van der Waals surface area contributed by atoms with Gasteiger partial charge in [0.1, 0.15) is 11.7 Å². The van der Waals surface area contributed by atoms with Crippen molar-refractivity contribution in [2.24, 2.45) is 0 Å². The SMILES string of the molecule is CN(c1ccc(Br)cc1)c1nc(OC2CCCCC2)ncc1C(F)(F)F. The molecule has 0 amide bonds. The summed E-state index contributed by atoms with van der Waals surface area (Å²) >= 11 is 3.32. The molecule has 1 aromatic heterocycles. The van der Waals surface area contributed by atoms with E-state index in [1.54, 1.807) is 31.3 Å². The maximum atomic E-state index is 13.4. The standard InChI is InChI=1S/C18H19BrF3N3O/c1-25(13-9-7-12(19)8-10-13)16-15(18(20,21)22)11-23-17(24-16)26-14-5-3-2-4-6-14/h7-11,14H,2-6H2,1H3. The Morgan fingerprint density at radius 1 is 1.12 bits per heavy atom. The van der Waals surface area contributed by atoms with Crippen molar-refractivity contribution in [3.05, 3.63) is 40.5 Å². The quantitative estimate of drug-likeness (QED) is 0.621. The van der Waals surface area contributed by atoms with Crippen molar-refractivity contribution in [1.29, 1.82) is 0 Å². The molecule has 140 valence electrons. The van der Waals surface area contributed by atoms with Crippen LogP contribution in [-0.2, 0) is 6.18 Å². The number of rotatable bonds is 4. The minimum absolute atomic E-state index is 0.0103. The molecule has 1 heterocycles. The second-order valence-electron chi connectivity index (χ2n) is 6.30. The lowest BCUT2D eigenvalue weighted by atomic mass is 9.98. The molecule has 1 fully saturated rings. The van der Waals surface area contributed by atoms with Crippen LogP contribution >= 0.6 is 15.9 Å². The minimum atomic E-state index is -4.55. The van der Waals surface area contributed by atoms with Crippen LogP contribution in [0.15, 0.2) is 34.9 Å². The Bertz CT molecular complexity index is 746. The van der Waals surface area contributed by atoms with E-state index >= 15 is 0 Å². The normalized spacial score (nSPS) is 15.7. The maximum absolute atomic E-state index is 13.4. The Morgan fingerprint density at radius 3 is 2.38 bits per heavy atom. The topological polar surface area (TPSA) is 38.2 Å². The van der Waals surface area contributed by atoms with Gasteiger partial charge in [-0.05, 0) is 49.9 Å². The van der Waals surface area contributed by atoms with Crippen LogP contribution in [0.25, 0.3) is 0 Å². The molecule has 1 saturated carbocycles. The van der Waals surface area contributed by atoms with Gasteiger partial charge in [0.2, 0.25) is 0 Å². The monoisotopic (exact) mass is 429 g/mol. The Hall–Kier alpha value is -1.83. The molecular weight excluding hydrogens is 411 g/mol. The highest BCUT2D eigenvalue weighted by atomic mass is 79.9. The van der Waals surface area contributed by atoms with Crippen LogP contribution in [0.4, 0.5) is 24.7 Å². The van der Waals surface area contributed by atoms with Gasteiger partial charge < -0.3 is 9.64 Å². The van der Waals surface area contributed by atoms with E-state index in [0.717, 1.165) is 42.8 Å². The Labute approximate surface area is 158 Å². The van der Waals surface area contributed by atoms with Crippen LogP contribution in [-0.4, -0.2) is 23.1 Å². The van der Waals surface area contributed by atoms with Crippen LogP contribution in [0.1, 0.15) is 37.7 Å². The smallest absolute Gasteiger partial charge is 0.421 e. The number of benzene rings is 1. The van der Waals surface area contributed by atoms with Crippen molar-refractivity contribution in [2.45, 2.75) is 44.4 Å². The first-order valence-electron chi connectivity index (χ1n) is 8.45. The zero-order chi connectivity index (χ0) is 18.7. The van der Waals surface area contributed by atoms with E-state index in [1.807, 2.05) is 0 Å². The maximum Gasteiger partial charge on any atom is 0.421 e. The van der Waals surface area contributed by atoms with E-state index in [0.29, 0.717) is 5.69 Å². The lowest BCUT2D eigenvalue weighted by Gasteiger charge is -2.25. The molecule has 0 radical (unpaired) electrons. The van der Waals surface area contributed by atoms with E-state index in [9.17, 15) is 13.2 Å². The third-order valence-corrected chi connectivity index (χ3v) is 4.94. The van der Waals surface area contributed by atoms with Gasteiger partial charge in [0.25, 0.3) is 0 Å². The summed E-state index contributed by atoms with van der Waals surface area (Å²) in [5, 5.41) is 0. The molecule has 1 aliphatic carbocycles. The van der Waals surface area contributed by atoms with Gasteiger partial charge in [0.05, 0.1) is 0 Å². The van der Waals surface area contributed by atoms with Gasteiger partial charge in [0.15, 0.2) is 5.82 Å². The molecule has 0 atom stereocenters. The molecule has 1 aliphatic rings. The van der Waals surface area contributed by atoms with Crippen molar-refractivity contribution in [2.75, 3.05) is 11.9 Å². The summed E-state index contributed by atoms with van der Waals surface area (Å²) in [6.45, 7) is 0. The summed E-state index contributed by atoms with van der Waals surface area (Å²) < 4.78 is 46.9. The molecule has 1 aromatic carbocycles. The van der Waals surface area contributed by atoms with Gasteiger partial charge >= 0.3 is 12.2 Å². The number of alkyl halides is 3. The fourth-order valence-corrected chi connectivity index (χ4v) is 3.25. The van der Waals surface area contributed by atoms with E-state index in [4.69, 9.17) is 4.74 Å². The second-order valence-corrected chi connectivity index (χ2v) is 7.22. The van der Waals surface area contributed by atoms with Crippen molar-refractivity contribution in [3.8, 4) is 6.01 Å². The molecule has 0 spiro atoms. The number of aromatic nitrogens is 2. The largest absolute Gasteiger partial charge is 0.460 e. The highest BCUT2D eigenvalue weighted by Gasteiger charge is 2.37. The average Bonchev–Trinajstić information content (AvgIpc) is 2.61. The summed E-state index contributed by atoms with van der Waals surface area (Å²) in [4.78, 5) is 9.29. The summed E-state index contributed by atoms with van der Waals surface area (Å²) in [7, 11) is 1.55. The number of hydrogen-bond acceptors (Lipinski definition) is 4. The third-order valence-electron chi connectivity index (χ3n) is 4.41. The number of anilines is 2. The first-order chi connectivity index (χ1) is 12.3. The molecule has 8 heteroatoms. The lowest BCUT2D eigenvalue weighted by Crippen LogP contribution is -2.23. The van der Waals surface area contributed by atoms with Crippen molar-refractivity contribution in [1.82, 2.24) is 9.97 Å². The van der Waals surface area contributed by atoms with Gasteiger partial charge in [-0.25, -0.2) is 4.98 Å². The predicted molar refractivity (Wildman–Crippen MR) is 96.7 cm³/mol. The molecule has 2 aromatic rings. The van der Waals surface area contributed by atoms with Gasteiger partial charge in [-0.15, -0.1) is 0 Å². The predicted octanol–water partition coefficient (Wildman–Crippen LogP) is 5.74. The number of hydrogen-bond donors (Lipinski definition) is 0. The number of nitrogens with zero attached hydrogens (tertiary/aromatic N) is 3. The van der Waals surface area contributed by atoms with Gasteiger partial charge in [0, 0.05) is 23.4 Å². The van der Waals surface area contributed by atoms with Crippen LogP contribution < -0.4 is 9.64 Å². The zero-order valence-electron chi connectivity index (χ0n) is 14.3. The van der Waals surface area contributed by atoms with Crippen LogP contribution in [0.5, 0.6) is 6.01 Å². The first kappa shape index (κ1) is 18.9. The summed E-state index contributed by atoms with van der Waals surface area (Å²) in [6, 6.07) is 6.95. The van der Waals surface area contributed by atoms with Crippen molar-refractivity contribution in [3.63, 3.8) is 0 Å². The van der Waals surface area contributed by atoms with Gasteiger partial charge in [-0.1, -0.05) is 22.4 Å². The number of ether oxygens (including phenoxy) is 1. The van der Waals surface area contributed by atoms with Crippen LogP contribution in [0.2, 0.25) is 0 Å². The van der Waals surface area contributed by atoms with Crippen LogP contribution in [0.3, 0.4) is 0 Å². The fourth-order valence-electron chi connectivity index (χ4n) is 2.99. The van der Waals surface area contributed by atoms with E-state index in [2.05, 4.69) is 25.9 Å². The van der Waals surface area contributed by atoms with E-state index < -0.39 is 11.7 Å². The van der Waals surface area contributed by atoms with E-state index in [1.165, 1.54) is 4.90 Å². The molecule has 4 nitrogen and oxygen atoms in total. The molecule has 0 unspecified atom stereocenters. The van der Waals surface area contributed by atoms with E-state index in [-0.39, 0.29) is 17.9 Å². The average molecular weight is 430 g/mol. The third kappa shape index (κ3) is 4.47. The molecule has 0 bridgehead atoms. The highest BCUT2D eigenvalue weighted by molar-refractivity contribution is 9.10. The minimum Gasteiger partial charge on any atom is -0.460 e. The highest BCUT2D eigenvalue weighted by Crippen LogP contribution is 2.38. The number of halogens is 4. The van der Waals surface area contributed by atoms with Crippen LogP contribution in [0, 0.1) is 0 Å². The Morgan fingerprint density at radius 2 is 1.77 bits per heavy atom. The fraction of sp³-hybridized carbons (Fsp3) is 0.444. The molecule has 0 aliphatic heterocycles. The lowest BCUT2D eigenvalue weighted by molar-refractivity contribution is -0.137. The Balaban J connectivity index is 1.93. The summed E-state index contributed by atoms with van der Waals surface area (Å²) in [6.07, 6.45) is 1.23. The molecule has 0 N–H and O–H groups in total. The summed E-state index contributed by atoms with van der Waals surface area (Å²) in [5.74, 6) is -0.222. The zero-order valence-corrected chi connectivity index (χ0v) is 15.8. The summed E-state index contributed by atoms with van der Waals surface area (Å²) in [5.41, 5.74) is -0.306. The Kier molecular flexibility index (Phi) is 5.70. The molecular formula is C18H19BrF3N3O. The molecule has 0 saturated heterocycles. The first-order valence-corrected chi connectivity index (χ1v) is 9.24.